The van der Waals surface area contributed by atoms with Gasteiger partial charge in [0.25, 0.3) is 5.56 Å². The lowest BCUT2D eigenvalue weighted by Crippen LogP contribution is -2.20. The van der Waals surface area contributed by atoms with E-state index in [-0.39, 0.29) is 5.56 Å². The van der Waals surface area contributed by atoms with Crippen molar-refractivity contribution in [3.05, 3.63) is 77.0 Å². The van der Waals surface area contributed by atoms with Gasteiger partial charge < -0.3 is 4.74 Å². The van der Waals surface area contributed by atoms with Crippen LogP contribution in [0.3, 0.4) is 0 Å². The van der Waals surface area contributed by atoms with Gasteiger partial charge in [0.1, 0.15) is 16.9 Å². The summed E-state index contributed by atoms with van der Waals surface area (Å²) < 4.78 is 8.71. The van der Waals surface area contributed by atoms with E-state index in [1.165, 1.54) is 6.20 Å². The van der Waals surface area contributed by atoms with Crippen molar-refractivity contribution in [1.29, 1.82) is 10.5 Å². The van der Waals surface area contributed by atoms with Crippen molar-refractivity contribution in [3.63, 3.8) is 0 Å². The van der Waals surface area contributed by atoms with Gasteiger partial charge in [-0.05, 0) is 30.3 Å². The van der Waals surface area contributed by atoms with Crippen LogP contribution >= 0.6 is 0 Å². The number of hydrogen-bond acceptors (Lipinski definition) is 6. The largest absolute Gasteiger partial charge is 0.495 e. The SMILES string of the molecule is COc1ccc2nc3c4ccccc4c(=O)n(-c4ccc(C(C#N)C#N)nc4)c3n2c1. The van der Waals surface area contributed by atoms with Crippen molar-refractivity contribution in [3.8, 4) is 23.6 Å². The molecule has 0 aliphatic heterocycles. The van der Waals surface area contributed by atoms with E-state index in [1.54, 1.807) is 36.1 Å². The molecule has 0 atom stereocenters. The number of hydrogen-bond donors (Lipinski definition) is 0. The van der Waals surface area contributed by atoms with Gasteiger partial charge in [0.05, 0.1) is 43.0 Å². The summed E-state index contributed by atoms with van der Waals surface area (Å²) >= 11 is 0. The van der Waals surface area contributed by atoms with E-state index < -0.39 is 5.92 Å². The summed E-state index contributed by atoms with van der Waals surface area (Å²) in [6.45, 7) is 0. The fraction of sp³-hybridized carbons (Fsp3) is 0.0870. The van der Waals surface area contributed by atoms with Crippen LogP contribution in [-0.2, 0) is 0 Å². The third kappa shape index (κ3) is 2.70. The van der Waals surface area contributed by atoms with Gasteiger partial charge in [0.15, 0.2) is 11.6 Å². The summed E-state index contributed by atoms with van der Waals surface area (Å²) in [5.74, 6) is -0.347. The van der Waals surface area contributed by atoms with Crippen molar-refractivity contribution < 1.29 is 4.74 Å². The monoisotopic (exact) mass is 406 g/mol. The Morgan fingerprint density at radius 2 is 1.81 bits per heavy atom. The van der Waals surface area contributed by atoms with Gasteiger partial charge in [0, 0.05) is 10.8 Å². The number of nitriles is 2. The van der Waals surface area contributed by atoms with E-state index in [0.29, 0.717) is 39.3 Å². The molecule has 4 aromatic heterocycles. The zero-order chi connectivity index (χ0) is 21.5. The van der Waals surface area contributed by atoms with E-state index in [1.807, 2.05) is 46.9 Å². The van der Waals surface area contributed by atoms with Gasteiger partial charge in [0.2, 0.25) is 0 Å². The third-order valence-electron chi connectivity index (χ3n) is 5.21. The Labute approximate surface area is 175 Å². The molecule has 4 heterocycles. The van der Waals surface area contributed by atoms with Crippen LogP contribution in [0, 0.1) is 22.7 Å². The summed E-state index contributed by atoms with van der Waals surface area (Å²) in [4.78, 5) is 22.6. The van der Waals surface area contributed by atoms with Gasteiger partial charge in [-0.25, -0.2) is 4.98 Å². The second-order valence-corrected chi connectivity index (χ2v) is 6.90. The number of benzene rings is 1. The molecule has 0 aliphatic rings. The zero-order valence-electron chi connectivity index (χ0n) is 16.4. The fourth-order valence-corrected chi connectivity index (χ4v) is 3.72. The second kappa shape index (κ2) is 6.97. The molecule has 0 saturated heterocycles. The van der Waals surface area contributed by atoms with Gasteiger partial charge in [-0.1, -0.05) is 18.2 Å². The third-order valence-corrected chi connectivity index (χ3v) is 5.21. The van der Waals surface area contributed by atoms with Crippen molar-refractivity contribution in [2.75, 3.05) is 7.11 Å². The molecular formula is C23H14N6O2. The molecule has 8 heteroatoms. The number of methoxy groups -OCH3 is 1. The Bertz CT molecular complexity index is 1600. The Morgan fingerprint density at radius 1 is 1.03 bits per heavy atom. The maximum absolute atomic E-state index is 13.5. The molecule has 0 saturated carbocycles. The number of nitrogens with zero attached hydrogens (tertiary/aromatic N) is 6. The fourth-order valence-electron chi connectivity index (χ4n) is 3.72. The quantitative estimate of drug-likeness (QED) is 0.455. The summed E-state index contributed by atoms with van der Waals surface area (Å²) in [5, 5.41) is 19.5. The number of imidazole rings is 1. The summed E-state index contributed by atoms with van der Waals surface area (Å²) in [6.07, 6.45) is 3.27. The van der Waals surface area contributed by atoms with E-state index in [2.05, 4.69) is 4.98 Å². The Morgan fingerprint density at radius 3 is 2.48 bits per heavy atom. The predicted octanol–water partition coefficient (Wildman–Crippen LogP) is 3.33. The minimum atomic E-state index is -0.970. The molecule has 5 aromatic rings. The van der Waals surface area contributed by atoms with Crippen molar-refractivity contribution in [2.24, 2.45) is 0 Å². The molecule has 31 heavy (non-hydrogen) atoms. The Kier molecular flexibility index (Phi) is 4.13. The van der Waals surface area contributed by atoms with Crippen LogP contribution in [0.2, 0.25) is 0 Å². The standard InChI is InChI=1S/C23H14N6O2/c1-31-16-7-9-20-27-21-17-4-2-3-5-18(17)23(30)29(22(21)28(20)13-16)15-6-8-19(26-12-15)14(10-24)11-25/h2-9,12-14H,1H3. The molecule has 0 bridgehead atoms. The molecule has 0 fully saturated rings. The van der Waals surface area contributed by atoms with Gasteiger partial charge in [-0.2, -0.15) is 10.5 Å². The van der Waals surface area contributed by atoms with Crippen LogP contribution < -0.4 is 10.3 Å². The van der Waals surface area contributed by atoms with Crippen LogP contribution in [0.25, 0.3) is 33.3 Å². The lowest BCUT2D eigenvalue weighted by molar-refractivity contribution is 0.412. The zero-order valence-corrected chi connectivity index (χ0v) is 16.4. The number of fused-ring (bicyclic) bond motifs is 5. The summed E-state index contributed by atoms with van der Waals surface area (Å²) in [6, 6.07) is 18.0. The molecular weight excluding hydrogens is 392 g/mol. The van der Waals surface area contributed by atoms with E-state index in [0.717, 1.165) is 5.39 Å². The molecule has 1 aromatic carbocycles. The number of pyridine rings is 3. The first kappa shape index (κ1) is 18.3. The maximum Gasteiger partial charge on any atom is 0.264 e. The molecule has 0 unspecified atom stereocenters. The minimum absolute atomic E-state index is 0.223. The average molecular weight is 406 g/mol. The van der Waals surface area contributed by atoms with Crippen molar-refractivity contribution in [1.82, 2.24) is 18.9 Å². The van der Waals surface area contributed by atoms with E-state index in [4.69, 9.17) is 20.2 Å². The maximum atomic E-state index is 13.5. The molecule has 0 amide bonds. The van der Waals surface area contributed by atoms with Crippen LogP contribution in [0.15, 0.2) is 65.7 Å². The number of ether oxygens (including phenoxy) is 1. The first-order valence-electron chi connectivity index (χ1n) is 9.41. The average Bonchev–Trinajstić information content (AvgIpc) is 3.19. The Balaban J connectivity index is 1.90. The van der Waals surface area contributed by atoms with Crippen molar-refractivity contribution in [2.45, 2.75) is 5.92 Å². The lowest BCUT2D eigenvalue weighted by atomic mass is 10.1. The smallest absolute Gasteiger partial charge is 0.264 e. The van der Waals surface area contributed by atoms with Crippen molar-refractivity contribution >= 4 is 27.6 Å². The van der Waals surface area contributed by atoms with Crippen LogP contribution in [0.4, 0.5) is 0 Å². The summed E-state index contributed by atoms with van der Waals surface area (Å²) in [5.41, 5.74) is 2.52. The van der Waals surface area contributed by atoms with E-state index >= 15 is 0 Å². The molecule has 0 radical (unpaired) electrons. The first-order valence-corrected chi connectivity index (χ1v) is 9.41. The molecule has 0 N–H and O–H groups in total. The van der Waals surface area contributed by atoms with Gasteiger partial charge >= 0.3 is 0 Å². The van der Waals surface area contributed by atoms with Crippen LogP contribution in [0.1, 0.15) is 11.6 Å². The highest BCUT2D eigenvalue weighted by molar-refractivity contribution is 6.04. The topological polar surface area (TPSA) is 109 Å². The highest BCUT2D eigenvalue weighted by Gasteiger charge is 2.19. The summed E-state index contributed by atoms with van der Waals surface area (Å²) in [7, 11) is 1.58. The highest BCUT2D eigenvalue weighted by Crippen LogP contribution is 2.27. The van der Waals surface area contributed by atoms with E-state index in [9.17, 15) is 4.79 Å². The highest BCUT2D eigenvalue weighted by atomic mass is 16.5. The predicted molar refractivity (Wildman–Crippen MR) is 114 cm³/mol. The molecule has 148 valence electrons. The van der Waals surface area contributed by atoms with Gasteiger partial charge in [-0.3, -0.25) is 18.7 Å². The lowest BCUT2D eigenvalue weighted by Gasteiger charge is -2.11. The number of rotatable bonds is 3. The normalized spacial score (nSPS) is 11.1. The second-order valence-electron chi connectivity index (χ2n) is 6.90. The van der Waals surface area contributed by atoms with Gasteiger partial charge in [-0.15, -0.1) is 0 Å². The minimum Gasteiger partial charge on any atom is -0.495 e. The van der Waals surface area contributed by atoms with Crippen LogP contribution in [-0.4, -0.2) is 26.0 Å². The number of aromatic nitrogens is 4. The molecule has 0 aliphatic carbocycles. The molecule has 5 rings (SSSR count). The first-order chi connectivity index (χ1) is 15.2. The Hall–Kier alpha value is -4.69. The molecule has 8 nitrogen and oxygen atoms in total. The molecule has 0 spiro atoms. The van der Waals surface area contributed by atoms with Crippen LogP contribution in [0.5, 0.6) is 5.75 Å².